The van der Waals surface area contributed by atoms with E-state index in [-0.39, 0.29) is 19.0 Å². The van der Waals surface area contributed by atoms with Gasteiger partial charge < -0.3 is 15.3 Å². The number of rotatable bonds is 5. The van der Waals surface area contributed by atoms with Gasteiger partial charge in [-0.05, 0) is 25.1 Å². The van der Waals surface area contributed by atoms with Crippen molar-refractivity contribution < 1.29 is 19.5 Å². The summed E-state index contributed by atoms with van der Waals surface area (Å²) in [6, 6.07) is 6.18. The number of nitrogens with zero attached hydrogens (tertiary/aromatic N) is 1. The van der Waals surface area contributed by atoms with Gasteiger partial charge in [-0.15, -0.1) is 0 Å². The molecule has 0 aromatic heterocycles. The number of benzene rings is 1. The molecule has 1 rings (SSSR count). The van der Waals surface area contributed by atoms with Crippen LogP contribution in [0.5, 0.6) is 0 Å². The Morgan fingerprint density at radius 3 is 2.42 bits per heavy atom. The van der Waals surface area contributed by atoms with Crippen LogP contribution in [0.25, 0.3) is 0 Å². The number of hydrogen-bond acceptors (Lipinski definition) is 3. The molecule has 0 unspecified atom stereocenters. The number of nitrogens with one attached hydrogen (secondary N) is 1. The molecule has 0 saturated heterocycles. The second-order valence-corrected chi connectivity index (χ2v) is 3.87. The first-order valence-electron chi connectivity index (χ1n) is 5.82. The molecule has 2 N–H and O–H groups in total. The molecular formula is C13H16N2O4. The fourth-order valence-corrected chi connectivity index (χ4v) is 1.61. The summed E-state index contributed by atoms with van der Waals surface area (Å²) >= 11 is 0. The highest BCUT2D eigenvalue weighted by atomic mass is 16.4. The molecule has 0 saturated carbocycles. The molecule has 0 spiro atoms. The summed E-state index contributed by atoms with van der Waals surface area (Å²) in [6.07, 6.45) is 0. The molecule has 102 valence electrons. The molecule has 0 aliphatic heterocycles. The second kappa shape index (κ2) is 6.53. The number of carbonyl (C=O) groups is 3. The SMILES string of the molecule is CCN(CC(=O)O)C(=O)c1cccc(C(=O)NC)c1. The van der Waals surface area contributed by atoms with Gasteiger partial charge in [-0.2, -0.15) is 0 Å². The summed E-state index contributed by atoms with van der Waals surface area (Å²) in [5, 5.41) is 11.2. The second-order valence-electron chi connectivity index (χ2n) is 3.87. The first-order chi connectivity index (χ1) is 8.99. The van der Waals surface area contributed by atoms with E-state index in [4.69, 9.17) is 5.11 Å². The van der Waals surface area contributed by atoms with E-state index < -0.39 is 11.9 Å². The molecule has 0 heterocycles. The Labute approximate surface area is 111 Å². The minimum Gasteiger partial charge on any atom is -0.480 e. The van der Waals surface area contributed by atoms with Crippen LogP contribution in [-0.2, 0) is 4.79 Å². The van der Waals surface area contributed by atoms with E-state index in [1.54, 1.807) is 25.1 Å². The molecule has 0 radical (unpaired) electrons. The Balaban J connectivity index is 2.98. The quantitative estimate of drug-likeness (QED) is 0.815. The number of carboxylic acids is 1. The van der Waals surface area contributed by atoms with Crippen molar-refractivity contribution >= 4 is 17.8 Å². The zero-order chi connectivity index (χ0) is 14.4. The van der Waals surface area contributed by atoms with Crippen LogP contribution >= 0.6 is 0 Å². The van der Waals surface area contributed by atoms with Gasteiger partial charge in [0, 0.05) is 24.7 Å². The molecule has 1 aromatic carbocycles. The molecule has 19 heavy (non-hydrogen) atoms. The molecule has 6 heteroatoms. The van der Waals surface area contributed by atoms with Crippen LogP contribution in [0.1, 0.15) is 27.6 Å². The minimum absolute atomic E-state index is 0.287. The van der Waals surface area contributed by atoms with Crippen LogP contribution in [0.2, 0.25) is 0 Å². The van der Waals surface area contributed by atoms with Crippen molar-refractivity contribution in [3.63, 3.8) is 0 Å². The van der Waals surface area contributed by atoms with Crippen LogP contribution in [-0.4, -0.2) is 47.9 Å². The zero-order valence-electron chi connectivity index (χ0n) is 10.8. The van der Waals surface area contributed by atoms with E-state index >= 15 is 0 Å². The van der Waals surface area contributed by atoms with Crippen molar-refractivity contribution in [3.05, 3.63) is 35.4 Å². The molecule has 6 nitrogen and oxygen atoms in total. The monoisotopic (exact) mass is 264 g/mol. The lowest BCUT2D eigenvalue weighted by Gasteiger charge is -2.18. The minimum atomic E-state index is -1.07. The summed E-state index contributed by atoms with van der Waals surface area (Å²) in [6.45, 7) is 1.62. The van der Waals surface area contributed by atoms with Gasteiger partial charge in [0.2, 0.25) is 0 Å². The van der Waals surface area contributed by atoms with Gasteiger partial charge in [-0.1, -0.05) is 6.07 Å². The van der Waals surface area contributed by atoms with Gasteiger partial charge in [0.05, 0.1) is 0 Å². The predicted molar refractivity (Wildman–Crippen MR) is 69.0 cm³/mol. The van der Waals surface area contributed by atoms with Crippen molar-refractivity contribution in [2.24, 2.45) is 0 Å². The van der Waals surface area contributed by atoms with Gasteiger partial charge in [0.25, 0.3) is 11.8 Å². The van der Waals surface area contributed by atoms with Crippen molar-refractivity contribution in [3.8, 4) is 0 Å². The van der Waals surface area contributed by atoms with E-state index in [0.717, 1.165) is 0 Å². The largest absolute Gasteiger partial charge is 0.480 e. The first kappa shape index (κ1) is 14.7. The van der Waals surface area contributed by atoms with Crippen LogP contribution in [0.3, 0.4) is 0 Å². The number of carboxylic acid groups (broad SMARTS) is 1. The highest BCUT2D eigenvalue weighted by Crippen LogP contribution is 2.08. The van der Waals surface area contributed by atoms with Crippen molar-refractivity contribution in [1.29, 1.82) is 0 Å². The number of amides is 2. The topological polar surface area (TPSA) is 86.7 Å². The summed E-state index contributed by atoms with van der Waals surface area (Å²) in [7, 11) is 1.50. The normalized spacial score (nSPS) is 9.79. The van der Waals surface area contributed by atoms with Crippen LogP contribution in [0, 0.1) is 0 Å². The maximum Gasteiger partial charge on any atom is 0.323 e. The lowest BCUT2D eigenvalue weighted by Crippen LogP contribution is -2.35. The first-order valence-corrected chi connectivity index (χ1v) is 5.82. The van der Waals surface area contributed by atoms with E-state index in [1.165, 1.54) is 18.0 Å². The Morgan fingerprint density at radius 2 is 1.89 bits per heavy atom. The molecule has 0 aliphatic rings. The van der Waals surface area contributed by atoms with E-state index in [1.807, 2.05) is 0 Å². The average Bonchev–Trinajstić information content (AvgIpc) is 2.43. The maximum absolute atomic E-state index is 12.1. The van der Waals surface area contributed by atoms with Gasteiger partial charge in [-0.25, -0.2) is 0 Å². The fourth-order valence-electron chi connectivity index (χ4n) is 1.61. The summed E-state index contributed by atoms with van der Waals surface area (Å²) in [5.41, 5.74) is 0.656. The number of aliphatic carboxylic acids is 1. The Hall–Kier alpha value is -2.37. The molecule has 0 atom stereocenters. The average molecular weight is 264 g/mol. The van der Waals surface area contributed by atoms with Crippen molar-refractivity contribution in [2.75, 3.05) is 20.1 Å². The number of hydrogen-bond donors (Lipinski definition) is 2. The van der Waals surface area contributed by atoms with E-state index in [9.17, 15) is 14.4 Å². The zero-order valence-corrected chi connectivity index (χ0v) is 10.8. The van der Waals surface area contributed by atoms with Crippen LogP contribution in [0.4, 0.5) is 0 Å². The molecular weight excluding hydrogens is 248 g/mol. The molecule has 1 aromatic rings. The van der Waals surface area contributed by atoms with Gasteiger partial charge in [0.15, 0.2) is 0 Å². The smallest absolute Gasteiger partial charge is 0.323 e. The summed E-state index contributed by atoms with van der Waals surface area (Å²) in [5.74, 6) is -1.77. The van der Waals surface area contributed by atoms with Gasteiger partial charge in [-0.3, -0.25) is 14.4 Å². The number of likely N-dealkylation sites (N-methyl/N-ethyl adjacent to an activating group) is 1. The lowest BCUT2D eigenvalue weighted by molar-refractivity contribution is -0.137. The standard InChI is InChI=1S/C13H16N2O4/c1-3-15(8-11(16)17)13(19)10-6-4-5-9(7-10)12(18)14-2/h4-7H,3,8H2,1-2H3,(H,14,18)(H,16,17). The number of carbonyl (C=O) groups excluding carboxylic acids is 2. The maximum atomic E-state index is 12.1. The third kappa shape index (κ3) is 3.80. The predicted octanol–water partition coefficient (Wildman–Crippen LogP) is 0.593. The molecule has 2 amide bonds. The van der Waals surface area contributed by atoms with Gasteiger partial charge in [0.1, 0.15) is 6.54 Å². The molecule has 0 aliphatic carbocycles. The Kier molecular flexibility index (Phi) is 5.05. The molecule has 0 bridgehead atoms. The van der Waals surface area contributed by atoms with Crippen LogP contribution < -0.4 is 5.32 Å². The molecule has 0 fully saturated rings. The van der Waals surface area contributed by atoms with Crippen molar-refractivity contribution in [2.45, 2.75) is 6.92 Å². The third-order valence-electron chi connectivity index (χ3n) is 2.59. The van der Waals surface area contributed by atoms with Gasteiger partial charge >= 0.3 is 5.97 Å². The Morgan fingerprint density at radius 1 is 1.26 bits per heavy atom. The summed E-state index contributed by atoms with van der Waals surface area (Å²) < 4.78 is 0. The lowest BCUT2D eigenvalue weighted by atomic mass is 10.1. The van der Waals surface area contributed by atoms with Crippen LogP contribution in [0.15, 0.2) is 24.3 Å². The van der Waals surface area contributed by atoms with E-state index in [2.05, 4.69) is 5.32 Å². The van der Waals surface area contributed by atoms with E-state index in [0.29, 0.717) is 11.1 Å². The van der Waals surface area contributed by atoms with Crippen molar-refractivity contribution in [1.82, 2.24) is 10.2 Å². The highest BCUT2D eigenvalue weighted by Gasteiger charge is 2.17. The Bertz CT molecular complexity index is 499. The fraction of sp³-hybridized carbons (Fsp3) is 0.308. The highest BCUT2D eigenvalue weighted by molar-refractivity contribution is 6.00. The third-order valence-corrected chi connectivity index (χ3v) is 2.59. The summed E-state index contributed by atoms with van der Waals surface area (Å²) in [4.78, 5) is 35.4.